The lowest BCUT2D eigenvalue weighted by Crippen LogP contribution is -2.48. The van der Waals surface area contributed by atoms with Gasteiger partial charge in [0.1, 0.15) is 5.01 Å². The molecule has 3 aromatic rings. The second-order valence-corrected chi connectivity index (χ2v) is 10.2. The highest BCUT2D eigenvalue weighted by Gasteiger charge is 2.48. The maximum Gasteiger partial charge on any atom is 0.409 e. The van der Waals surface area contributed by atoms with Crippen LogP contribution in [0.25, 0.3) is 10.6 Å². The van der Waals surface area contributed by atoms with Gasteiger partial charge in [-0.15, -0.1) is 11.3 Å². The number of ketones is 1. The lowest BCUT2D eigenvalue weighted by atomic mass is 9.94. The summed E-state index contributed by atoms with van der Waals surface area (Å²) in [4.78, 5) is 52.0. The van der Waals surface area contributed by atoms with Crippen LogP contribution in [-0.4, -0.2) is 68.4 Å². The molecule has 1 saturated heterocycles. The van der Waals surface area contributed by atoms with Crippen molar-refractivity contribution >= 4 is 29.1 Å². The van der Waals surface area contributed by atoms with E-state index < -0.39 is 23.5 Å². The molecule has 1 atom stereocenters. The van der Waals surface area contributed by atoms with Crippen LogP contribution in [0, 0.1) is 6.92 Å². The number of carbonyl (C=O) groups excluding carboxylic acids is 3. The molecular weight excluding hydrogens is 504 g/mol. The highest BCUT2D eigenvalue weighted by Crippen LogP contribution is 2.43. The monoisotopic (exact) mass is 532 g/mol. The Hall–Kier alpha value is -4.05. The fraction of sp³-hybridized carbons (Fsp3) is 0.321. The van der Waals surface area contributed by atoms with Crippen LogP contribution in [0.15, 0.2) is 66.2 Å². The van der Waals surface area contributed by atoms with Gasteiger partial charge in [-0.3, -0.25) is 14.6 Å². The van der Waals surface area contributed by atoms with Gasteiger partial charge in [-0.25, -0.2) is 9.78 Å². The molecule has 0 bridgehead atoms. The molecule has 2 aliphatic heterocycles. The molecule has 196 valence electrons. The molecular formula is C28H28N4O5S. The maximum absolute atomic E-state index is 14.0. The summed E-state index contributed by atoms with van der Waals surface area (Å²) in [6.07, 6.45) is 3.84. The van der Waals surface area contributed by atoms with E-state index in [1.165, 1.54) is 11.3 Å². The second-order valence-electron chi connectivity index (χ2n) is 9.21. The highest BCUT2D eigenvalue weighted by molar-refractivity contribution is 7.17. The molecule has 5 rings (SSSR count). The first-order valence-corrected chi connectivity index (χ1v) is 13.4. The highest BCUT2D eigenvalue weighted by atomic mass is 32.1. The summed E-state index contributed by atoms with van der Waals surface area (Å²) in [5.74, 6) is -1.57. The number of piperidine rings is 1. The van der Waals surface area contributed by atoms with E-state index in [4.69, 9.17) is 4.74 Å². The Labute approximate surface area is 224 Å². The number of likely N-dealkylation sites (tertiary alicyclic amines) is 1. The Balaban J connectivity index is 1.48. The molecule has 2 amide bonds. The Morgan fingerprint density at radius 3 is 2.53 bits per heavy atom. The van der Waals surface area contributed by atoms with Crippen molar-refractivity contribution in [3.8, 4) is 10.6 Å². The quantitative estimate of drug-likeness (QED) is 0.457. The molecule has 2 aliphatic rings. The molecule has 0 saturated carbocycles. The zero-order chi connectivity index (χ0) is 26.8. The van der Waals surface area contributed by atoms with Gasteiger partial charge < -0.3 is 19.6 Å². The fourth-order valence-electron chi connectivity index (χ4n) is 5.07. The zero-order valence-electron chi connectivity index (χ0n) is 21.2. The van der Waals surface area contributed by atoms with Crippen LogP contribution in [0.1, 0.15) is 46.7 Å². The minimum Gasteiger partial charge on any atom is -0.503 e. The van der Waals surface area contributed by atoms with Crippen molar-refractivity contribution in [3.63, 3.8) is 0 Å². The standard InChI is InChI=1S/C28H28N4O5S/c1-3-37-28(36)31-14-11-20(12-15-31)32-22(19-10-7-13-29-16-19)21(24(34)27(32)35)23(33)25-17(2)30-26(38-25)18-8-5-4-6-9-18/h4-10,13,16,20,22,34H,3,11-12,14-15H2,1-2H3. The fourth-order valence-corrected chi connectivity index (χ4v) is 6.10. The number of Topliss-reactive ketones (excluding diaryl/α,β-unsaturated/α-hetero) is 1. The SMILES string of the molecule is CCOC(=O)N1CCC(N2C(=O)C(O)=C(C(=O)c3sc(-c4ccccc4)nc3C)C2c2cccnc2)CC1. The number of amides is 2. The van der Waals surface area contributed by atoms with Gasteiger partial charge in [0.15, 0.2) is 5.76 Å². The minimum absolute atomic E-state index is 0.0298. The number of thiazole rings is 1. The van der Waals surface area contributed by atoms with Crippen molar-refractivity contribution < 1.29 is 24.2 Å². The largest absolute Gasteiger partial charge is 0.503 e. The third kappa shape index (κ3) is 4.67. The summed E-state index contributed by atoms with van der Waals surface area (Å²) in [6, 6.07) is 12.0. The predicted octanol–water partition coefficient (Wildman–Crippen LogP) is 4.71. The molecule has 1 fully saturated rings. The predicted molar refractivity (Wildman–Crippen MR) is 142 cm³/mol. The van der Waals surface area contributed by atoms with Crippen molar-refractivity contribution in [2.24, 2.45) is 0 Å². The topological polar surface area (TPSA) is 113 Å². The summed E-state index contributed by atoms with van der Waals surface area (Å²) >= 11 is 1.24. The van der Waals surface area contributed by atoms with Gasteiger partial charge >= 0.3 is 6.09 Å². The van der Waals surface area contributed by atoms with Crippen LogP contribution in [-0.2, 0) is 9.53 Å². The molecule has 10 heteroatoms. The molecule has 2 aromatic heterocycles. The number of carbonyl (C=O) groups is 3. The molecule has 1 aromatic carbocycles. The van der Waals surface area contributed by atoms with Gasteiger partial charge in [-0.1, -0.05) is 36.4 Å². The number of rotatable bonds is 6. The van der Waals surface area contributed by atoms with E-state index in [0.29, 0.717) is 53.7 Å². The van der Waals surface area contributed by atoms with E-state index in [1.54, 1.807) is 48.2 Å². The van der Waals surface area contributed by atoms with Crippen molar-refractivity contribution in [3.05, 3.63) is 82.3 Å². The number of hydrogen-bond donors (Lipinski definition) is 1. The number of aryl methyl sites for hydroxylation is 1. The van der Waals surface area contributed by atoms with Gasteiger partial charge in [0.2, 0.25) is 5.78 Å². The van der Waals surface area contributed by atoms with Crippen LogP contribution in [0.3, 0.4) is 0 Å². The van der Waals surface area contributed by atoms with Gasteiger partial charge in [0.05, 0.1) is 28.8 Å². The lowest BCUT2D eigenvalue weighted by Gasteiger charge is -2.39. The average Bonchev–Trinajstić information content (AvgIpc) is 3.46. The molecule has 4 heterocycles. The van der Waals surface area contributed by atoms with Crippen LogP contribution >= 0.6 is 11.3 Å². The van der Waals surface area contributed by atoms with Gasteiger partial charge in [-0.2, -0.15) is 0 Å². The van der Waals surface area contributed by atoms with Gasteiger partial charge in [-0.05, 0) is 38.3 Å². The van der Waals surface area contributed by atoms with Crippen molar-refractivity contribution in [1.82, 2.24) is 19.8 Å². The number of aromatic nitrogens is 2. The maximum atomic E-state index is 14.0. The Kier molecular flexibility index (Phi) is 7.24. The first kappa shape index (κ1) is 25.6. The van der Waals surface area contributed by atoms with Crippen LogP contribution in [0.2, 0.25) is 0 Å². The Morgan fingerprint density at radius 2 is 1.87 bits per heavy atom. The summed E-state index contributed by atoms with van der Waals surface area (Å²) in [7, 11) is 0. The normalized spacial score (nSPS) is 18.3. The van der Waals surface area contributed by atoms with Crippen molar-refractivity contribution in [1.29, 1.82) is 0 Å². The molecule has 1 unspecified atom stereocenters. The van der Waals surface area contributed by atoms with E-state index in [2.05, 4.69) is 9.97 Å². The second kappa shape index (κ2) is 10.7. The smallest absolute Gasteiger partial charge is 0.409 e. The average molecular weight is 533 g/mol. The van der Waals surface area contributed by atoms with Crippen LogP contribution in [0.5, 0.6) is 0 Å². The van der Waals surface area contributed by atoms with Crippen molar-refractivity contribution in [2.75, 3.05) is 19.7 Å². The summed E-state index contributed by atoms with van der Waals surface area (Å²) < 4.78 is 5.11. The first-order chi connectivity index (χ1) is 18.4. The van der Waals surface area contributed by atoms with E-state index in [9.17, 15) is 19.5 Å². The molecule has 1 N–H and O–H groups in total. The minimum atomic E-state index is -0.801. The third-order valence-corrected chi connectivity index (χ3v) is 8.10. The number of ether oxygens (including phenoxy) is 1. The van der Waals surface area contributed by atoms with Gasteiger partial charge in [0.25, 0.3) is 5.91 Å². The third-order valence-electron chi connectivity index (χ3n) is 6.90. The molecule has 9 nitrogen and oxygen atoms in total. The van der Waals surface area contributed by atoms with E-state index >= 15 is 0 Å². The Morgan fingerprint density at radius 1 is 1.13 bits per heavy atom. The zero-order valence-corrected chi connectivity index (χ0v) is 22.0. The molecule has 0 radical (unpaired) electrons. The lowest BCUT2D eigenvalue weighted by molar-refractivity contribution is -0.132. The number of hydrogen-bond acceptors (Lipinski definition) is 8. The molecule has 0 aliphatic carbocycles. The van der Waals surface area contributed by atoms with E-state index in [0.717, 1.165) is 5.56 Å². The first-order valence-electron chi connectivity index (χ1n) is 12.6. The summed E-state index contributed by atoms with van der Waals surface area (Å²) in [6.45, 7) is 4.62. The summed E-state index contributed by atoms with van der Waals surface area (Å²) in [5, 5.41) is 11.8. The number of aliphatic hydroxyl groups is 1. The molecule has 38 heavy (non-hydrogen) atoms. The molecule has 0 spiro atoms. The Bertz CT molecular complexity index is 1380. The van der Waals surface area contributed by atoms with Crippen LogP contribution in [0.4, 0.5) is 4.79 Å². The van der Waals surface area contributed by atoms with E-state index in [1.807, 2.05) is 30.3 Å². The van der Waals surface area contributed by atoms with E-state index in [-0.39, 0.29) is 17.7 Å². The number of pyridine rings is 1. The van der Waals surface area contributed by atoms with Gasteiger partial charge in [0, 0.05) is 37.1 Å². The number of aliphatic hydroxyl groups excluding tert-OH is 1. The van der Waals surface area contributed by atoms with Crippen molar-refractivity contribution in [2.45, 2.75) is 38.8 Å². The number of benzene rings is 1. The summed E-state index contributed by atoms with van der Waals surface area (Å²) in [5.41, 5.74) is 2.09. The number of nitrogens with zero attached hydrogens (tertiary/aromatic N) is 4. The van der Waals surface area contributed by atoms with Crippen LogP contribution < -0.4 is 0 Å².